The van der Waals surface area contributed by atoms with Crippen LogP contribution < -0.4 is 0 Å². The summed E-state index contributed by atoms with van der Waals surface area (Å²) in [6, 6.07) is 66.8. The first-order valence-corrected chi connectivity index (χ1v) is 17.4. The van der Waals surface area contributed by atoms with Gasteiger partial charge in [-0.2, -0.15) is 0 Å². The van der Waals surface area contributed by atoms with E-state index in [1.807, 2.05) is 54.6 Å². The average Bonchev–Trinajstić information content (AvgIpc) is 3.24. The molecule has 0 amide bonds. The highest BCUT2D eigenvalue weighted by Crippen LogP contribution is 2.34. The molecule has 0 saturated carbocycles. The number of nitrogens with zero attached hydrogens (tertiary/aromatic N) is 4. The number of hydrogen-bond acceptors (Lipinski definition) is 4. The van der Waals surface area contributed by atoms with Crippen LogP contribution in [0.3, 0.4) is 0 Å². The van der Waals surface area contributed by atoms with Crippen LogP contribution in [-0.4, -0.2) is 19.9 Å². The third-order valence-electron chi connectivity index (χ3n) is 9.33. The second-order valence-corrected chi connectivity index (χ2v) is 12.7. The topological polar surface area (TPSA) is 51.6 Å². The van der Waals surface area contributed by atoms with Gasteiger partial charge in [-0.05, 0) is 40.1 Å². The van der Waals surface area contributed by atoms with E-state index in [0.29, 0.717) is 11.6 Å². The first-order chi connectivity index (χ1) is 25.7. The molecule has 0 unspecified atom stereocenters. The highest BCUT2D eigenvalue weighted by molar-refractivity contribution is 5.95. The van der Waals surface area contributed by atoms with E-state index in [0.717, 1.165) is 78.1 Å². The molecule has 0 fully saturated rings. The predicted octanol–water partition coefficient (Wildman–Crippen LogP) is 12.1. The van der Waals surface area contributed by atoms with Crippen molar-refractivity contribution in [1.29, 1.82) is 0 Å². The normalized spacial score (nSPS) is 11.1. The van der Waals surface area contributed by atoms with Crippen LogP contribution in [0.4, 0.5) is 0 Å². The largest absolute Gasteiger partial charge is 0.228 e. The molecule has 4 heteroatoms. The summed E-state index contributed by atoms with van der Waals surface area (Å²) in [6.45, 7) is 0. The van der Waals surface area contributed by atoms with Gasteiger partial charge in [0.15, 0.2) is 11.6 Å². The van der Waals surface area contributed by atoms with Gasteiger partial charge in [-0.25, -0.2) is 19.9 Å². The van der Waals surface area contributed by atoms with Gasteiger partial charge >= 0.3 is 0 Å². The summed E-state index contributed by atoms with van der Waals surface area (Å²) in [5.74, 6) is 1.41. The molecule has 0 radical (unpaired) electrons. The third kappa shape index (κ3) is 6.26. The zero-order valence-corrected chi connectivity index (χ0v) is 28.3. The molecule has 9 rings (SSSR count). The van der Waals surface area contributed by atoms with E-state index in [1.54, 1.807) is 0 Å². The van der Waals surface area contributed by atoms with Gasteiger partial charge in [0.05, 0.1) is 22.8 Å². The van der Waals surface area contributed by atoms with Gasteiger partial charge in [-0.3, -0.25) is 0 Å². The molecule has 0 spiro atoms. The lowest BCUT2D eigenvalue weighted by molar-refractivity contribution is 1.18. The zero-order chi connectivity index (χ0) is 34.7. The molecule has 4 nitrogen and oxygen atoms in total. The van der Waals surface area contributed by atoms with Crippen molar-refractivity contribution in [3.63, 3.8) is 0 Å². The molecule has 0 aliphatic rings. The van der Waals surface area contributed by atoms with Gasteiger partial charge in [0.2, 0.25) is 0 Å². The SMILES string of the molecule is c1ccc(-c2cc(-c3ccc(-c4cccc(-c5cc(-c6ccccc6)nc(-c6cccc7ccccc67)n5)c4)cc3)nc(-c3ccccc3)n2)cc1. The van der Waals surface area contributed by atoms with Crippen LogP contribution in [-0.2, 0) is 0 Å². The first kappa shape index (κ1) is 31.0. The van der Waals surface area contributed by atoms with Crippen molar-refractivity contribution in [3.8, 4) is 78.9 Å². The molecule has 244 valence electrons. The Morgan fingerprint density at radius 2 is 0.673 bits per heavy atom. The average molecular weight is 665 g/mol. The summed E-state index contributed by atoms with van der Waals surface area (Å²) in [5, 5.41) is 2.29. The molecule has 52 heavy (non-hydrogen) atoms. The molecule has 9 aromatic rings. The summed E-state index contributed by atoms with van der Waals surface area (Å²) in [7, 11) is 0. The van der Waals surface area contributed by atoms with E-state index in [1.165, 1.54) is 0 Å². The van der Waals surface area contributed by atoms with Crippen LogP contribution in [0.1, 0.15) is 0 Å². The van der Waals surface area contributed by atoms with Crippen LogP contribution in [0.25, 0.3) is 89.7 Å². The molecule has 0 aliphatic heterocycles. The fourth-order valence-corrected chi connectivity index (χ4v) is 6.65. The van der Waals surface area contributed by atoms with Crippen LogP contribution in [0.15, 0.2) is 194 Å². The van der Waals surface area contributed by atoms with E-state index in [4.69, 9.17) is 19.9 Å². The highest BCUT2D eigenvalue weighted by atomic mass is 14.9. The Hall–Kier alpha value is -7.04. The van der Waals surface area contributed by atoms with Crippen LogP contribution in [0, 0.1) is 0 Å². The van der Waals surface area contributed by atoms with Crippen molar-refractivity contribution in [2.45, 2.75) is 0 Å². The Morgan fingerprint density at radius 3 is 1.31 bits per heavy atom. The zero-order valence-electron chi connectivity index (χ0n) is 28.3. The number of rotatable bonds is 7. The highest BCUT2D eigenvalue weighted by Gasteiger charge is 2.14. The number of aromatic nitrogens is 4. The van der Waals surface area contributed by atoms with Gasteiger partial charge in [0.25, 0.3) is 0 Å². The molecule has 2 heterocycles. The minimum absolute atomic E-state index is 0.705. The molecule has 0 saturated heterocycles. The van der Waals surface area contributed by atoms with Gasteiger partial charge < -0.3 is 0 Å². The van der Waals surface area contributed by atoms with Crippen LogP contribution in [0.5, 0.6) is 0 Å². The van der Waals surface area contributed by atoms with Gasteiger partial charge in [0.1, 0.15) is 0 Å². The minimum Gasteiger partial charge on any atom is -0.228 e. The molecule has 0 aliphatic carbocycles. The molecule has 0 N–H and O–H groups in total. The molecule has 0 atom stereocenters. The smallest absolute Gasteiger partial charge is 0.161 e. The second-order valence-electron chi connectivity index (χ2n) is 12.7. The van der Waals surface area contributed by atoms with E-state index in [9.17, 15) is 0 Å². The van der Waals surface area contributed by atoms with Crippen molar-refractivity contribution < 1.29 is 0 Å². The maximum Gasteiger partial charge on any atom is 0.161 e. The lowest BCUT2D eigenvalue weighted by atomic mass is 9.98. The maximum atomic E-state index is 5.18. The summed E-state index contributed by atoms with van der Waals surface area (Å²) >= 11 is 0. The quantitative estimate of drug-likeness (QED) is 0.170. The van der Waals surface area contributed by atoms with Crippen molar-refractivity contribution in [1.82, 2.24) is 19.9 Å². The number of fused-ring (bicyclic) bond motifs is 1. The van der Waals surface area contributed by atoms with Crippen LogP contribution >= 0.6 is 0 Å². The van der Waals surface area contributed by atoms with Gasteiger partial charge in [0, 0.05) is 33.4 Å². The van der Waals surface area contributed by atoms with Crippen molar-refractivity contribution in [2.75, 3.05) is 0 Å². The van der Waals surface area contributed by atoms with Gasteiger partial charge in [-0.1, -0.05) is 176 Å². The van der Waals surface area contributed by atoms with Crippen molar-refractivity contribution >= 4 is 10.8 Å². The number of hydrogen-bond donors (Lipinski definition) is 0. The Kier molecular flexibility index (Phi) is 8.16. The minimum atomic E-state index is 0.705. The fourth-order valence-electron chi connectivity index (χ4n) is 6.65. The summed E-state index contributed by atoms with van der Waals surface area (Å²) in [6.07, 6.45) is 0. The third-order valence-corrected chi connectivity index (χ3v) is 9.33. The second kappa shape index (κ2) is 13.7. The summed E-state index contributed by atoms with van der Waals surface area (Å²) in [4.78, 5) is 20.2. The molecular weight excluding hydrogens is 633 g/mol. The standard InChI is InChI=1S/C48H32N4/c1-4-15-35(16-5-1)43-31-45(50-47(49-43)38-19-8-3-9-20-38)37-28-26-33(27-29-37)39-22-12-23-40(30-39)46-32-44(36-17-6-2-7-18-36)51-48(52-46)42-25-13-21-34-14-10-11-24-41(34)42/h1-32H. The molecule has 2 aromatic heterocycles. The number of benzene rings is 7. The Balaban J connectivity index is 1.10. The monoisotopic (exact) mass is 664 g/mol. The molecule has 7 aromatic carbocycles. The molecule has 0 bridgehead atoms. The van der Waals surface area contributed by atoms with Crippen molar-refractivity contribution in [3.05, 3.63) is 194 Å². The summed E-state index contributed by atoms with van der Waals surface area (Å²) in [5.41, 5.74) is 11.9. The lowest BCUT2D eigenvalue weighted by Crippen LogP contribution is -1.97. The van der Waals surface area contributed by atoms with E-state index in [-0.39, 0.29) is 0 Å². The lowest BCUT2D eigenvalue weighted by Gasteiger charge is -2.12. The Labute approximate surface area is 302 Å². The van der Waals surface area contributed by atoms with E-state index >= 15 is 0 Å². The van der Waals surface area contributed by atoms with Crippen molar-refractivity contribution in [2.24, 2.45) is 0 Å². The fraction of sp³-hybridized carbons (Fsp3) is 0. The Morgan fingerprint density at radius 1 is 0.250 bits per heavy atom. The Bertz CT molecular complexity index is 2590. The first-order valence-electron chi connectivity index (χ1n) is 17.4. The van der Waals surface area contributed by atoms with Gasteiger partial charge in [-0.15, -0.1) is 0 Å². The molecular formula is C48H32N4. The predicted molar refractivity (Wildman–Crippen MR) is 213 cm³/mol. The van der Waals surface area contributed by atoms with E-state index < -0.39 is 0 Å². The van der Waals surface area contributed by atoms with Crippen LogP contribution in [0.2, 0.25) is 0 Å². The van der Waals surface area contributed by atoms with E-state index in [2.05, 4.69) is 140 Å². The maximum absolute atomic E-state index is 5.18. The summed E-state index contributed by atoms with van der Waals surface area (Å²) < 4.78 is 0.